The summed E-state index contributed by atoms with van der Waals surface area (Å²) in [7, 11) is 0. The van der Waals surface area contributed by atoms with Crippen molar-refractivity contribution in [1.82, 2.24) is 0 Å². The molecule has 0 heterocycles. The van der Waals surface area contributed by atoms with Crippen molar-refractivity contribution in [3.8, 4) is 0 Å². The van der Waals surface area contributed by atoms with Crippen LogP contribution in [0.15, 0.2) is 0 Å². The normalized spacial score (nSPS) is 41.3. The van der Waals surface area contributed by atoms with Crippen LogP contribution in [-0.4, -0.2) is 5.92 Å². The molecule has 0 nitrogen and oxygen atoms in total. The highest BCUT2D eigenvalue weighted by molar-refractivity contribution is 5.11. The van der Waals surface area contributed by atoms with E-state index in [1.807, 2.05) is 0 Å². The number of halogens is 2. The minimum atomic E-state index is -2.35. The molecule has 2 aliphatic carbocycles. The molecule has 17 heavy (non-hydrogen) atoms. The second kappa shape index (κ2) is 3.93. The first-order valence-corrected chi connectivity index (χ1v) is 7.10. The van der Waals surface area contributed by atoms with Gasteiger partial charge in [0, 0.05) is 11.8 Å². The zero-order valence-corrected chi connectivity index (χ0v) is 11.7. The molecule has 100 valence electrons. The van der Waals surface area contributed by atoms with Crippen LogP contribution < -0.4 is 0 Å². The zero-order chi connectivity index (χ0) is 12.9. The molecule has 0 amide bonds. The monoisotopic (exact) mass is 244 g/mol. The maximum atomic E-state index is 13.5. The van der Waals surface area contributed by atoms with Gasteiger partial charge in [-0.15, -0.1) is 0 Å². The fourth-order valence-electron chi connectivity index (χ4n) is 4.01. The van der Waals surface area contributed by atoms with E-state index in [2.05, 4.69) is 27.7 Å². The van der Waals surface area contributed by atoms with Crippen molar-refractivity contribution in [2.24, 2.45) is 22.7 Å². The average Bonchev–Trinajstić information content (AvgIpc) is 2.78. The fourth-order valence-corrected chi connectivity index (χ4v) is 4.01. The molecule has 1 spiro atoms. The molecule has 2 aliphatic rings. The predicted molar refractivity (Wildman–Crippen MR) is 67.2 cm³/mol. The van der Waals surface area contributed by atoms with E-state index in [4.69, 9.17) is 0 Å². The summed E-state index contributed by atoms with van der Waals surface area (Å²) in [5, 5.41) is 0. The molecule has 0 radical (unpaired) electrons. The Hall–Kier alpha value is -0.140. The van der Waals surface area contributed by atoms with Gasteiger partial charge < -0.3 is 0 Å². The predicted octanol–water partition coefficient (Wildman–Crippen LogP) is 5.27. The van der Waals surface area contributed by atoms with Crippen molar-refractivity contribution in [2.45, 2.75) is 72.1 Å². The molecule has 0 bridgehead atoms. The van der Waals surface area contributed by atoms with Gasteiger partial charge in [-0.25, -0.2) is 8.78 Å². The lowest BCUT2D eigenvalue weighted by Crippen LogP contribution is -2.27. The van der Waals surface area contributed by atoms with E-state index in [0.29, 0.717) is 11.8 Å². The topological polar surface area (TPSA) is 0 Å². The van der Waals surface area contributed by atoms with E-state index in [-0.39, 0.29) is 11.8 Å². The molecule has 0 aromatic carbocycles. The molecule has 0 saturated heterocycles. The third-order valence-corrected chi connectivity index (χ3v) is 5.34. The first kappa shape index (κ1) is 13.3. The van der Waals surface area contributed by atoms with E-state index in [1.165, 1.54) is 0 Å². The molecule has 2 saturated carbocycles. The van der Waals surface area contributed by atoms with Gasteiger partial charge in [0.05, 0.1) is 0 Å². The maximum absolute atomic E-state index is 13.5. The summed E-state index contributed by atoms with van der Waals surface area (Å²) >= 11 is 0. The summed E-state index contributed by atoms with van der Waals surface area (Å²) in [4.78, 5) is 0. The van der Waals surface area contributed by atoms with Crippen molar-refractivity contribution >= 4 is 0 Å². The highest BCUT2D eigenvalue weighted by atomic mass is 19.3. The summed E-state index contributed by atoms with van der Waals surface area (Å²) in [6.07, 6.45) is 4.81. The van der Waals surface area contributed by atoms with Crippen LogP contribution in [0.4, 0.5) is 8.78 Å². The molecular weight excluding hydrogens is 218 g/mol. The van der Waals surface area contributed by atoms with Crippen molar-refractivity contribution in [3.63, 3.8) is 0 Å². The summed E-state index contributed by atoms with van der Waals surface area (Å²) < 4.78 is 27.0. The van der Waals surface area contributed by atoms with Crippen molar-refractivity contribution in [3.05, 3.63) is 0 Å². The van der Waals surface area contributed by atoms with Crippen LogP contribution in [0.2, 0.25) is 0 Å². The lowest BCUT2D eigenvalue weighted by Gasteiger charge is -2.35. The Morgan fingerprint density at radius 3 is 2.06 bits per heavy atom. The largest absolute Gasteiger partial charge is 0.254 e. The molecule has 2 heteroatoms. The van der Waals surface area contributed by atoms with Gasteiger partial charge in [-0.3, -0.25) is 0 Å². The van der Waals surface area contributed by atoms with Gasteiger partial charge in [-0.2, -0.15) is 0 Å². The Morgan fingerprint density at radius 2 is 1.65 bits per heavy atom. The van der Waals surface area contributed by atoms with Crippen LogP contribution in [0.25, 0.3) is 0 Å². The van der Waals surface area contributed by atoms with Gasteiger partial charge in [-0.05, 0) is 42.9 Å². The zero-order valence-electron chi connectivity index (χ0n) is 11.7. The SMILES string of the molecule is CCC1CCC2(CCC1C(C)(C)C)CC2(F)F. The summed E-state index contributed by atoms with van der Waals surface area (Å²) in [6.45, 7) is 9.02. The van der Waals surface area contributed by atoms with E-state index >= 15 is 0 Å². The quantitative estimate of drug-likeness (QED) is 0.589. The van der Waals surface area contributed by atoms with Gasteiger partial charge in [0.1, 0.15) is 0 Å². The van der Waals surface area contributed by atoms with E-state index in [9.17, 15) is 8.78 Å². The Morgan fingerprint density at radius 1 is 1.12 bits per heavy atom. The Balaban J connectivity index is 2.12. The van der Waals surface area contributed by atoms with Crippen molar-refractivity contribution in [1.29, 1.82) is 0 Å². The molecule has 2 fully saturated rings. The first-order chi connectivity index (χ1) is 7.72. The molecular formula is C15H26F2. The Bertz CT molecular complexity index is 290. The van der Waals surface area contributed by atoms with Gasteiger partial charge in [0.2, 0.25) is 0 Å². The molecule has 0 aromatic rings. The standard InChI is InChI=1S/C15H26F2/c1-5-11-6-8-14(10-15(14,16)17)9-7-12(11)13(2,3)4/h11-12H,5-10H2,1-4H3. The summed E-state index contributed by atoms with van der Waals surface area (Å²) in [6, 6.07) is 0. The average molecular weight is 244 g/mol. The van der Waals surface area contributed by atoms with Crippen molar-refractivity contribution < 1.29 is 8.78 Å². The molecule has 0 aromatic heterocycles. The van der Waals surface area contributed by atoms with Gasteiger partial charge in [0.15, 0.2) is 0 Å². The summed E-state index contributed by atoms with van der Waals surface area (Å²) in [5.41, 5.74) is -0.337. The molecule has 3 atom stereocenters. The van der Waals surface area contributed by atoms with E-state index in [0.717, 1.165) is 32.1 Å². The maximum Gasteiger partial charge on any atom is 0.254 e. The number of hydrogen-bond acceptors (Lipinski definition) is 0. The lowest BCUT2D eigenvalue weighted by atomic mass is 9.70. The smallest absolute Gasteiger partial charge is 0.206 e. The third kappa shape index (κ3) is 2.24. The highest BCUT2D eigenvalue weighted by Gasteiger charge is 2.70. The minimum Gasteiger partial charge on any atom is -0.206 e. The number of rotatable bonds is 1. The van der Waals surface area contributed by atoms with Crippen LogP contribution in [0.5, 0.6) is 0 Å². The Kier molecular flexibility index (Phi) is 3.07. The second-order valence-corrected chi connectivity index (χ2v) is 7.38. The molecule has 3 unspecified atom stereocenters. The van der Waals surface area contributed by atoms with Crippen LogP contribution >= 0.6 is 0 Å². The highest BCUT2D eigenvalue weighted by Crippen LogP contribution is 2.68. The number of alkyl halides is 2. The minimum absolute atomic E-state index is 0.160. The summed E-state index contributed by atoms with van der Waals surface area (Å²) in [5.74, 6) is -1.09. The molecule has 0 N–H and O–H groups in total. The van der Waals surface area contributed by atoms with Crippen LogP contribution in [-0.2, 0) is 0 Å². The van der Waals surface area contributed by atoms with Crippen LogP contribution in [0.1, 0.15) is 66.2 Å². The lowest BCUT2D eigenvalue weighted by molar-refractivity contribution is 0.0561. The molecule has 0 aliphatic heterocycles. The van der Waals surface area contributed by atoms with Gasteiger partial charge >= 0.3 is 0 Å². The van der Waals surface area contributed by atoms with E-state index in [1.54, 1.807) is 0 Å². The molecule has 2 rings (SSSR count). The first-order valence-electron chi connectivity index (χ1n) is 7.10. The third-order valence-electron chi connectivity index (χ3n) is 5.34. The van der Waals surface area contributed by atoms with Gasteiger partial charge in [-0.1, -0.05) is 34.1 Å². The van der Waals surface area contributed by atoms with Gasteiger partial charge in [0.25, 0.3) is 5.92 Å². The van der Waals surface area contributed by atoms with E-state index < -0.39 is 11.3 Å². The number of hydrogen-bond donors (Lipinski definition) is 0. The Labute approximate surface area is 104 Å². The van der Waals surface area contributed by atoms with Crippen molar-refractivity contribution in [2.75, 3.05) is 0 Å². The fraction of sp³-hybridized carbons (Fsp3) is 1.00. The second-order valence-electron chi connectivity index (χ2n) is 7.38. The van der Waals surface area contributed by atoms with Crippen LogP contribution in [0.3, 0.4) is 0 Å². The van der Waals surface area contributed by atoms with Crippen LogP contribution in [0, 0.1) is 22.7 Å².